The maximum absolute atomic E-state index is 5.94. The van der Waals surface area contributed by atoms with Crippen molar-refractivity contribution in [1.82, 2.24) is 4.98 Å². The summed E-state index contributed by atoms with van der Waals surface area (Å²) < 4.78 is 10.3. The van der Waals surface area contributed by atoms with E-state index in [1.165, 1.54) is 0 Å². The van der Waals surface area contributed by atoms with Crippen LogP contribution in [0.4, 0.5) is 11.4 Å². The molecule has 0 aliphatic carbocycles. The molecule has 17 heavy (non-hydrogen) atoms. The fourth-order valence-corrected chi connectivity index (χ4v) is 1.76. The Bertz CT molecular complexity index is 333. The molecule has 5 nitrogen and oxygen atoms in total. The van der Waals surface area contributed by atoms with Crippen LogP contribution in [-0.4, -0.2) is 45.0 Å². The van der Waals surface area contributed by atoms with E-state index < -0.39 is 0 Å². The third-order valence-corrected chi connectivity index (χ3v) is 2.61. The van der Waals surface area contributed by atoms with Gasteiger partial charge in [0.2, 0.25) is 0 Å². The van der Waals surface area contributed by atoms with Gasteiger partial charge in [0.1, 0.15) is 0 Å². The zero-order valence-corrected chi connectivity index (χ0v) is 10.7. The molecule has 1 aromatic rings. The van der Waals surface area contributed by atoms with E-state index in [1.54, 1.807) is 26.6 Å². The lowest BCUT2D eigenvalue weighted by molar-refractivity contribution is 0.171. The standard InChI is InChI=1S/C12H21N3O2/c1-10(9-17-3)15(6-7-16-2)12-4-5-14-8-11(12)13/h4-5,8,10H,6-7,9,13H2,1-3H3. The molecule has 0 aliphatic rings. The smallest absolute Gasteiger partial charge is 0.0738 e. The van der Waals surface area contributed by atoms with Gasteiger partial charge in [-0.2, -0.15) is 0 Å². The summed E-state index contributed by atoms with van der Waals surface area (Å²) in [5, 5.41) is 0. The minimum absolute atomic E-state index is 0.236. The summed E-state index contributed by atoms with van der Waals surface area (Å²) >= 11 is 0. The molecule has 0 saturated carbocycles. The topological polar surface area (TPSA) is 60.6 Å². The number of hydrogen-bond acceptors (Lipinski definition) is 5. The molecule has 1 atom stereocenters. The van der Waals surface area contributed by atoms with E-state index in [2.05, 4.69) is 16.8 Å². The Balaban J connectivity index is 2.85. The largest absolute Gasteiger partial charge is 0.396 e. The Morgan fingerprint density at radius 1 is 1.41 bits per heavy atom. The van der Waals surface area contributed by atoms with E-state index in [1.807, 2.05) is 6.07 Å². The molecule has 1 rings (SSSR count). The second-order valence-electron chi connectivity index (χ2n) is 3.93. The highest BCUT2D eigenvalue weighted by atomic mass is 16.5. The van der Waals surface area contributed by atoms with Gasteiger partial charge in [-0.15, -0.1) is 0 Å². The van der Waals surface area contributed by atoms with E-state index in [9.17, 15) is 0 Å². The van der Waals surface area contributed by atoms with Crippen LogP contribution in [0, 0.1) is 0 Å². The Kier molecular flexibility index (Phi) is 5.72. The molecular formula is C12H21N3O2. The predicted octanol–water partition coefficient (Wildman–Crippen LogP) is 1.15. The van der Waals surface area contributed by atoms with Crippen LogP contribution in [0.25, 0.3) is 0 Å². The van der Waals surface area contributed by atoms with Crippen molar-refractivity contribution in [3.05, 3.63) is 18.5 Å². The second kappa shape index (κ2) is 7.09. The summed E-state index contributed by atoms with van der Waals surface area (Å²) in [6.07, 6.45) is 3.40. The molecule has 1 unspecified atom stereocenters. The van der Waals surface area contributed by atoms with E-state index in [4.69, 9.17) is 15.2 Å². The van der Waals surface area contributed by atoms with Gasteiger partial charge in [0.15, 0.2) is 0 Å². The summed E-state index contributed by atoms with van der Waals surface area (Å²) in [4.78, 5) is 6.17. The van der Waals surface area contributed by atoms with Crippen LogP contribution in [0.2, 0.25) is 0 Å². The molecule has 0 amide bonds. The highest BCUT2D eigenvalue weighted by molar-refractivity contribution is 5.66. The van der Waals surface area contributed by atoms with Gasteiger partial charge in [-0.05, 0) is 13.0 Å². The number of nitrogens with zero attached hydrogens (tertiary/aromatic N) is 2. The number of hydrogen-bond donors (Lipinski definition) is 1. The molecular weight excluding hydrogens is 218 g/mol. The van der Waals surface area contributed by atoms with Crippen LogP contribution in [0.3, 0.4) is 0 Å². The highest BCUT2D eigenvalue weighted by Crippen LogP contribution is 2.23. The quantitative estimate of drug-likeness (QED) is 0.773. The van der Waals surface area contributed by atoms with Gasteiger partial charge in [-0.25, -0.2) is 0 Å². The van der Waals surface area contributed by atoms with Crippen LogP contribution in [0.1, 0.15) is 6.92 Å². The molecule has 0 fully saturated rings. The molecule has 1 heterocycles. The molecule has 2 N–H and O–H groups in total. The normalized spacial score (nSPS) is 12.4. The number of anilines is 2. The Hall–Kier alpha value is -1.33. The number of pyridine rings is 1. The van der Waals surface area contributed by atoms with E-state index in [-0.39, 0.29) is 6.04 Å². The zero-order chi connectivity index (χ0) is 12.7. The number of ether oxygens (including phenoxy) is 2. The summed E-state index contributed by atoms with van der Waals surface area (Å²) in [6.45, 7) is 4.16. The lowest BCUT2D eigenvalue weighted by atomic mass is 10.2. The van der Waals surface area contributed by atoms with Crippen molar-refractivity contribution in [2.75, 3.05) is 44.6 Å². The fraction of sp³-hybridized carbons (Fsp3) is 0.583. The molecule has 5 heteroatoms. The third-order valence-electron chi connectivity index (χ3n) is 2.61. The third kappa shape index (κ3) is 3.87. The van der Waals surface area contributed by atoms with E-state index in [0.717, 1.165) is 12.2 Å². The molecule has 0 aromatic carbocycles. The molecule has 0 aliphatic heterocycles. The van der Waals surface area contributed by atoms with Crippen LogP contribution >= 0.6 is 0 Å². The van der Waals surface area contributed by atoms with Gasteiger partial charge in [-0.1, -0.05) is 0 Å². The SMILES string of the molecule is COCCN(c1ccncc1N)C(C)COC. The summed E-state index contributed by atoms with van der Waals surface area (Å²) in [6, 6.07) is 2.15. The van der Waals surface area contributed by atoms with Gasteiger partial charge in [0.25, 0.3) is 0 Å². The Morgan fingerprint density at radius 2 is 2.18 bits per heavy atom. The summed E-state index contributed by atoms with van der Waals surface area (Å²) in [5.74, 6) is 0. The predicted molar refractivity (Wildman–Crippen MR) is 69.2 cm³/mol. The van der Waals surface area contributed by atoms with Crippen molar-refractivity contribution in [1.29, 1.82) is 0 Å². The van der Waals surface area contributed by atoms with Gasteiger partial charge in [-0.3, -0.25) is 4.98 Å². The van der Waals surface area contributed by atoms with Gasteiger partial charge >= 0.3 is 0 Å². The van der Waals surface area contributed by atoms with Crippen LogP contribution in [-0.2, 0) is 9.47 Å². The molecule has 0 spiro atoms. The first kappa shape index (κ1) is 13.7. The fourth-order valence-electron chi connectivity index (χ4n) is 1.76. The molecule has 0 saturated heterocycles. The van der Waals surface area contributed by atoms with Gasteiger partial charge < -0.3 is 20.1 Å². The first-order chi connectivity index (χ1) is 8.20. The van der Waals surface area contributed by atoms with Crippen molar-refractivity contribution in [2.24, 2.45) is 0 Å². The zero-order valence-electron chi connectivity index (χ0n) is 10.7. The number of nitrogens with two attached hydrogens (primary N) is 1. The molecule has 96 valence electrons. The van der Waals surface area contributed by atoms with Crippen molar-refractivity contribution in [3.8, 4) is 0 Å². The Morgan fingerprint density at radius 3 is 2.76 bits per heavy atom. The van der Waals surface area contributed by atoms with Gasteiger partial charge in [0, 0.05) is 33.0 Å². The number of aromatic nitrogens is 1. The summed E-state index contributed by atoms with van der Waals surface area (Å²) in [5.41, 5.74) is 7.59. The Labute approximate surface area is 103 Å². The first-order valence-electron chi connectivity index (χ1n) is 5.64. The summed E-state index contributed by atoms with van der Waals surface area (Å²) in [7, 11) is 3.38. The van der Waals surface area contributed by atoms with Crippen molar-refractivity contribution < 1.29 is 9.47 Å². The van der Waals surface area contributed by atoms with Crippen molar-refractivity contribution in [2.45, 2.75) is 13.0 Å². The maximum atomic E-state index is 5.94. The molecule has 1 aromatic heterocycles. The molecule has 0 radical (unpaired) electrons. The van der Waals surface area contributed by atoms with Crippen LogP contribution in [0.5, 0.6) is 0 Å². The van der Waals surface area contributed by atoms with Crippen LogP contribution in [0.15, 0.2) is 18.5 Å². The lowest BCUT2D eigenvalue weighted by Crippen LogP contribution is -2.39. The minimum Gasteiger partial charge on any atom is -0.396 e. The van der Waals surface area contributed by atoms with Crippen molar-refractivity contribution >= 4 is 11.4 Å². The highest BCUT2D eigenvalue weighted by Gasteiger charge is 2.16. The second-order valence-corrected chi connectivity index (χ2v) is 3.93. The molecule has 0 bridgehead atoms. The lowest BCUT2D eigenvalue weighted by Gasteiger charge is -2.31. The van der Waals surface area contributed by atoms with Crippen molar-refractivity contribution in [3.63, 3.8) is 0 Å². The van der Waals surface area contributed by atoms with Gasteiger partial charge in [0.05, 0.1) is 30.8 Å². The van der Waals surface area contributed by atoms with E-state index in [0.29, 0.717) is 18.9 Å². The first-order valence-corrected chi connectivity index (χ1v) is 5.64. The maximum Gasteiger partial charge on any atom is 0.0738 e. The number of rotatable bonds is 7. The number of nitrogen functional groups attached to an aromatic ring is 1. The average molecular weight is 239 g/mol. The average Bonchev–Trinajstić information content (AvgIpc) is 2.32. The number of methoxy groups -OCH3 is 2. The van der Waals surface area contributed by atoms with E-state index >= 15 is 0 Å². The monoisotopic (exact) mass is 239 g/mol. The van der Waals surface area contributed by atoms with Crippen LogP contribution < -0.4 is 10.6 Å². The minimum atomic E-state index is 0.236.